The molecule has 0 heterocycles. The molecule has 0 saturated heterocycles. The Morgan fingerprint density at radius 2 is 2.21 bits per heavy atom. The number of methoxy groups -OCH3 is 1. The number of hydrogen-bond acceptors (Lipinski definition) is 4. The summed E-state index contributed by atoms with van der Waals surface area (Å²) in [4.78, 5) is 12.6. The maximum Gasteiger partial charge on any atom is 0.337 e. The average Bonchev–Trinajstić information content (AvgIpc) is 2.40. The number of hydrogen-bond donors (Lipinski definition) is 1. The lowest BCUT2D eigenvalue weighted by Gasteiger charge is -2.26. The lowest BCUT2D eigenvalue weighted by Crippen LogP contribution is -2.15. The Bertz CT molecular complexity index is 461. The van der Waals surface area contributed by atoms with Gasteiger partial charge in [0.15, 0.2) is 0 Å². The topological polar surface area (TPSA) is 52.3 Å². The number of esters is 1. The number of nitrogens with two attached hydrogens (primary N) is 1. The Hall–Kier alpha value is -1.16. The molecule has 0 aliphatic heterocycles. The van der Waals surface area contributed by atoms with E-state index in [1.807, 2.05) is 6.07 Å². The summed E-state index contributed by atoms with van der Waals surface area (Å²) in [6.07, 6.45) is 5.08. The van der Waals surface area contributed by atoms with Crippen molar-refractivity contribution < 1.29 is 9.53 Å². The van der Waals surface area contributed by atoms with Gasteiger partial charge in [-0.1, -0.05) is 19.8 Å². The zero-order valence-corrected chi connectivity index (χ0v) is 12.3. The zero-order valence-electron chi connectivity index (χ0n) is 11.5. The molecular formula is C15H21NO2S. The van der Waals surface area contributed by atoms with Crippen LogP contribution in [0.4, 0.5) is 5.69 Å². The van der Waals surface area contributed by atoms with Crippen LogP contribution < -0.4 is 5.73 Å². The van der Waals surface area contributed by atoms with Crippen molar-refractivity contribution in [2.24, 2.45) is 5.92 Å². The molecule has 2 rings (SSSR count). The van der Waals surface area contributed by atoms with Crippen molar-refractivity contribution in [2.75, 3.05) is 12.8 Å². The van der Waals surface area contributed by atoms with Crippen molar-refractivity contribution in [1.29, 1.82) is 0 Å². The SMILES string of the molecule is COC(=O)c1ccc(N)c(SC2CCCC(C)C2)c1. The first kappa shape index (κ1) is 14.3. The third kappa shape index (κ3) is 3.66. The van der Waals surface area contributed by atoms with Crippen LogP contribution in [0.3, 0.4) is 0 Å². The van der Waals surface area contributed by atoms with Gasteiger partial charge in [-0.3, -0.25) is 0 Å². The van der Waals surface area contributed by atoms with E-state index in [9.17, 15) is 4.79 Å². The van der Waals surface area contributed by atoms with Gasteiger partial charge in [0.2, 0.25) is 0 Å². The molecule has 0 aromatic heterocycles. The van der Waals surface area contributed by atoms with E-state index in [4.69, 9.17) is 10.5 Å². The fourth-order valence-electron chi connectivity index (χ4n) is 2.55. The summed E-state index contributed by atoms with van der Waals surface area (Å²) in [6.45, 7) is 2.31. The Labute approximate surface area is 118 Å². The van der Waals surface area contributed by atoms with Crippen molar-refractivity contribution in [3.63, 3.8) is 0 Å². The first-order valence-electron chi connectivity index (χ1n) is 6.74. The molecule has 1 aliphatic rings. The quantitative estimate of drug-likeness (QED) is 0.676. The number of thioether (sulfide) groups is 1. The van der Waals surface area contributed by atoms with Crippen molar-refractivity contribution in [2.45, 2.75) is 42.8 Å². The fraction of sp³-hybridized carbons (Fsp3) is 0.533. The Kier molecular flexibility index (Phi) is 4.75. The second-order valence-electron chi connectivity index (χ2n) is 5.26. The van der Waals surface area contributed by atoms with Crippen LogP contribution in [0.15, 0.2) is 23.1 Å². The van der Waals surface area contributed by atoms with Gasteiger partial charge in [-0.05, 0) is 37.0 Å². The highest BCUT2D eigenvalue weighted by Gasteiger charge is 2.21. The lowest BCUT2D eigenvalue weighted by molar-refractivity contribution is 0.0600. The smallest absolute Gasteiger partial charge is 0.337 e. The third-order valence-electron chi connectivity index (χ3n) is 3.62. The maximum absolute atomic E-state index is 11.5. The molecule has 19 heavy (non-hydrogen) atoms. The number of benzene rings is 1. The van der Waals surface area contributed by atoms with Crippen LogP contribution in [0.2, 0.25) is 0 Å². The van der Waals surface area contributed by atoms with Crippen LogP contribution in [-0.4, -0.2) is 18.3 Å². The monoisotopic (exact) mass is 279 g/mol. The molecule has 104 valence electrons. The molecule has 1 fully saturated rings. The van der Waals surface area contributed by atoms with Crippen LogP contribution >= 0.6 is 11.8 Å². The molecule has 0 bridgehead atoms. The summed E-state index contributed by atoms with van der Waals surface area (Å²) < 4.78 is 4.75. The third-order valence-corrected chi connectivity index (χ3v) is 4.99. The van der Waals surface area contributed by atoms with Gasteiger partial charge in [-0.2, -0.15) is 0 Å². The van der Waals surface area contributed by atoms with Crippen LogP contribution in [0, 0.1) is 5.92 Å². The first-order chi connectivity index (χ1) is 9.10. The highest BCUT2D eigenvalue weighted by Crippen LogP contribution is 2.38. The predicted octanol–water partition coefficient (Wildman–Crippen LogP) is 3.73. The number of carbonyl (C=O) groups is 1. The minimum atomic E-state index is -0.307. The van der Waals surface area contributed by atoms with E-state index in [0.29, 0.717) is 10.8 Å². The average molecular weight is 279 g/mol. The van der Waals surface area contributed by atoms with Gasteiger partial charge in [-0.25, -0.2) is 4.79 Å². The number of ether oxygens (including phenoxy) is 1. The largest absolute Gasteiger partial charge is 0.465 e. The number of rotatable bonds is 3. The van der Waals surface area contributed by atoms with E-state index < -0.39 is 0 Å². The minimum absolute atomic E-state index is 0.307. The van der Waals surface area contributed by atoms with Crippen molar-refractivity contribution >= 4 is 23.4 Å². The van der Waals surface area contributed by atoms with Crippen molar-refractivity contribution in [1.82, 2.24) is 0 Å². The van der Waals surface area contributed by atoms with Crippen LogP contribution in [0.1, 0.15) is 43.0 Å². The van der Waals surface area contributed by atoms with Crippen molar-refractivity contribution in [3.05, 3.63) is 23.8 Å². The lowest BCUT2D eigenvalue weighted by atomic mass is 9.91. The molecule has 2 unspecified atom stereocenters. The zero-order chi connectivity index (χ0) is 13.8. The molecule has 0 spiro atoms. The molecule has 2 atom stereocenters. The molecular weight excluding hydrogens is 258 g/mol. The molecule has 1 saturated carbocycles. The normalized spacial score (nSPS) is 23.1. The van der Waals surface area contributed by atoms with E-state index in [0.717, 1.165) is 16.5 Å². The second kappa shape index (κ2) is 6.33. The number of nitrogen functional groups attached to an aromatic ring is 1. The Balaban J connectivity index is 2.12. The predicted molar refractivity (Wildman–Crippen MR) is 79.5 cm³/mol. The van der Waals surface area contributed by atoms with Gasteiger partial charge >= 0.3 is 5.97 Å². The van der Waals surface area contributed by atoms with E-state index in [2.05, 4.69) is 6.92 Å². The summed E-state index contributed by atoms with van der Waals surface area (Å²) >= 11 is 1.80. The second-order valence-corrected chi connectivity index (χ2v) is 6.60. The first-order valence-corrected chi connectivity index (χ1v) is 7.62. The summed E-state index contributed by atoms with van der Waals surface area (Å²) in [5, 5.41) is 0.610. The standard InChI is InChI=1S/C15H21NO2S/c1-10-4-3-5-12(8-10)19-14-9-11(15(17)18-2)6-7-13(14)16/h6-7,9-10,12H,3-5,8,16H2,1-2H3. The molecule has 0 amide bonds. The van der Waals surface area contributed by atoms with E-state index in [1.165, 1.54) is 32.8 Å². The van der Waals surface area contributed by atoms with Gasteiger partial charge < -0.3 is 10.5 Å². The molecule has 1 aromatic carbocycles. The fourth-order valence-corrected chi connectivity index (χ4v) is 4.01. The van der Waals surface area contributed by atoms with Crippen LogP contribution in [-0.2, 0) is 4.74 Å². The van der Waals surface area contributed by atoms with Gasteiger partial charge in [0.1, 0.15) is 0 Å². The van der Waals surface area contributed by atoms with E-state index in [-0.39, 0.29) is 5.97 Å². The van der Waals surface area contributed by atoms with E-state index in [1.54, 1.807) is 23.9 Å². The molecule has 3 nitrogen and oxygen atoms in total. The summed E-state index contributed by atoms with van der Waals surface area (Å²) in [5.41, 5.74) is 7.33. The van der Waals surface area contributed by atoms with Gasteiger partial charge in [0.05, 0.1) is 12.7 Å². The molecule has 2 N–H and O–H groups in total. The van der Waals surface area contributed by atoms with Gasteiger partial charge in [0, 0.05) is 15.8 Å². The van der Waals surface area contributed by atoms with Crippen LogP contribution in [0.25, 0.3) is 0 Å². The molecule has 1 aromatic rings. The number of carbonyl (C=O) groups excluding carboxylic acids is 1. The minimum Gasteiger partial charge on any atom is -0.465 e. The Morgan fingerprint density at radius 1 is 1.42 bits per heavy atom. The highest BCUT2D eigenvalue weighted by atomic mass is 32.2. The summed E-state index contributed by atoms with van der Waals surface area (Å²) in [7, 11) is 1.40. The van der Waals surface area contributed by atoms with Gasteiger partial charge in [0.25, 0.3) is 0 Å². The molecule has 4 heteroatoms. The van der Waals surface area contributed by atoms with Gasteiger partial charge in [-0.15, -0.1) is 11.8 Å². The summed E-state index contributed by atoms with van der Waals surface area (Å²) in [6, 6.07) is 5.36. The number of anilines is 1. The molecule has 0 radical (unpaired) electrons. The molecule has 1 aliphatic carbocycles. The van der Waals surface area contributed by atoms with E-state index >= 15 is 0 Å². The van der Waals surface area contributed by atoms with Crippen molar-refractivity contribution in [3.8, 4) is 0 Å². The maximum atomic E-state index is 11.5. The summed E-state index contributed by atoms with van der Waals surface area (Å²) in [5.74, 6) is 0.482. The highest BCUT2D eigenvalue weighted by molar-refractivity contribution is 8.00. The van der Waals surface area contributed by atoms with Crippen LogP contribution in [0.5, 0.6) is 0 Å². The Morgan fingerprint density at radius 3 is 2.89 bits per heavy atom.